The van der Waals surface area contributed by atoms with Gasteiger partial charge in [-0.1, -0.05) is 19.8 Å². The van der Waals surface area contributed by atoms with Crippen LogP contribution in [0.15, 0.2) is 17.3 Å². The van der Waals surface area contributed by atoms with Crippen LogP contribution in [-0.2, 0) is 10.0 Å². The summed E-state index contributed by atoms with van der Waals surface area (Å²) in [6.07, 6.45) is 7.40. The highest BCUT2D eigenvalue weighted by molar-refractivity contribution is 7.89. The molecule has 0 saturated carbocycles. The Hall–Kier alpha value is -1.21. The maximum absolute atomic E-state index is 12.6. The minimum absolute atomic E-state index is 0.0741. The van der Waals surface area contributed by atoms with Crippen molar-refractivity contribution in [3.8, 4) is 0 Å². The summed E-state index contributed by atoms with van der Waals surface area (Å²) in [6.45, 7) is 2.60. The molecule has 6 nitrogen and oxygen atoms in total. The molecule has 1 aromatic heterocycles. The van der Waals surface area contributed by atoms with Crippen molar-refractivity contribution < 1.29 is 8.42 Å². The molecule has 106 valence electrons. The van der Waals surface area contributed by atoms with Gasteiger partial charge in [0.2, 0.25) is 16.0 Å². The van der Waals surface area contributed by atoms with E-state index in [1.54, 1.807) is 4.31 Å². The van der Waals surface area contributed by atoms with Crippen LogP contribution < -0.4 is 5.73 Å². The fraction of sp³-hybridized carbons (Fsp3) is 0.667. The summed E-state index contributed by atoms with van der Waals surface area (Å²) < 4.78 is 26.9. The number of anilines is 1. The second-order valence-electron chi connectivity index (χ2n) is 4.80. The Morgan fingerprint density at radius 1 is 1.32 bits per heavy atom. The van der Waals surface area contributed by atoms with Crippen molar-refractivity contribution in [2.75, 3.05) is 12.3 Å². The summed E-state index contributed by atoms with van der Waals surface area (Å²) in [4.78, 5) is 7.68. The second kappa shape index (κ2) is 5.83. The molecule has 2 rings (SSSR count). The van der Waals surface area contributed by atoms with E-state index < -0.39 is 10.0 Å². The van der Waals surface area contributed by atoms with E-state index >= 15 is 0 Å². The Morgan fingerprint density at radius 2 is 2.00 bits per heavy atom. The smallest absolute Gasteiger partial charge is 0.246 e. The van der Waals surface area contributed by atoms with E-state index in [9.17, 15) is 8.42 Å². The zero-order chi connectivity index (χ0) is 13.9. The Balaban J connectivity index is 2.33. The van der Waals surface area contributed by atoms with Crippen LogP contribution in [-0.4, -0.2) is 35.3 Å². The maximum atomic E-state index is 12.6. The van der Waals surface area contributed by atoms with Gasteiger partial charge in [0.25, 0.3) is 0 Å². The third kappa shape index (κ3) is 3.03. The third-order valence-electron chi connectivity index (χ3n) is 3.55. The van der Waals surface area contributed by atoms with Gasteiger partial charge in [-0.05, 0) is 19.3 Å². The maximum Gasteiger partial charge on any atom is 0.246 e. The molecule has 19 heavy (non-hydrogen) atoms. The second-order valence-corrected chi connectivity index (χ2v) is 6.69. The van der Waals surface area contributed by atoms with Crippen LogP contribution in [0.4, 0.5) is 5.95 Å². The first-order valence-corrected chi connectivity index (χ1v) is 8.09. The van der Waals surface area contributed by atoms with Gasteiger partial charge in [-0.3, -0.25) is 0 Å². The van der Waals surface area contributed by atoms with Crippen LogP contribution in [0.5, 0.6) is 0 Å². The summed E-state index contributed by atoms with van der Waals surface area (Å²) in [5.41, 5.74) is 5.40. The van der Waals surface area contributed by atoms with Crippen LogP contribution in [0.25, 0.3) is 0 Å². The zero-order valence-corrected chi connectivity index (χ0v) is 11.9. The molecule has 1 aliphatic rings. The van der Waals surface area contributed by atoms with Gasteiger partial charge in [0, 0.05) is 12.6 Å². The molecule has 1 saturated heterocycles. The molecule has 0 aliphatic carbocycles. The van der Waals surface area contributed by atoms with E-state index in [4.69, 9.17) is 5.73 Å². The lowest BCUT2D eigenvalue weighted by molar-refractivity contribution is 0.315. The molecule has 1 aliphatic heterocycles. The lowest BCUT2D eigenvalue weighted by Crippen LogP contribution is -2.39. The van der Waals surface area contributed by atoms with Gasteiger partial charge in [0.05, 0.1) is 12.4 Å². The lowest BCUT2D eigenvalue weighted by atomic mass is 10.1. The largest absolute Gasteiger partial charge is 0.368 e. The molecule has 1 fully saturated rings. The summed E-state index contributed by atoms with van der Waals surface area (Å²) in [6, 6.07) is 0.0741. The van der Waals surface area contributed by atoms with Gasteiger partial charge < -0.3 is 5.73 Å². The number of hydrogen-bond donors (Lipinski definition) is 1. The molecule has 0 spiro atoms. The molecular formula is C12H20N4O2S. The van der Waals surface area contributed by atoms with Crippen molar-refractivity contribution in [3.63, 3.8) is 0 Å². The predicted octanol–water partition coefficient (Wildman–Crippen LogP) is 1.40. The van der Waals surface area contributed by atoms with Crippen molar-refractivity contribution in [3.05, 3.63) is 12.4 Å². The van der Waals surface area contributed by atoms with Crippen LogP contribution in [0.1, 0.15) is 39.0 Å². The number of nitrogens with two attached hydrogens (primary N) is 1. The topological polar surface area (TPSA) is 89.2 Å². The third-order valence-corrected chi connectivity index (χ3v) is 5.45. The van der Waals surface area contributed by atoms with Crippen molar-refractivity contribution >= 4 is 16.0 Å². The van der Waals surface area contributed by atoms with Gasteiger partial charge in [0.1, 0.15) is 4.90 Å². The molecule has 0 aromatic carbocycles. The van der Waals surface area contributed by atoms with E-state index in [0.29, 0.717) is 6.54 Å². The number of nitrogen functional groups attached to an aromatic ring is 1. The van der Waals surface area contributed by atoms with Gasteiger partial charge in [-0.2, -0.15) is 4.31 Å². The SMILES string of the molecule is CCC1CCCCCN1S(=O)(=O)c1cnc(N)nc1. The zero-order valence-electron chi connectivity index (χ0n) is 11.1. The highest BCUT2D eigenvalue weighted by Gasteiger charge is 2.31. The lowest BCUT2D eigenvalue weighted by Gasteiger charge is -2.28. The Kier molecular flexibility index (Phi) is 4.36. The number of aromatic nitrogens is 2. The molecule has 1 aromatic rings. The quantitative estimate of drug-likeness (QED) is 0.906. The highest BCUT2D eigenvalue weighted by Crippen LogP contribution is 2.25. The first-order valence-electron chi connectivity index (χ1n) is 6.65. The normalized spacial score (nSPS) is 22.1. The Labute approximate surface area is 114 Å². The summed E-state index contributed by atoms with van der Waals surface area (Å²) in [5, 5.41) is 0. The van der Waals surface area contributed by atoms with Gasteiger partial charge in [0.15, 0.2) is 0 Å². The van der Waals surface area contributed by atoms with E-state index in [1.165, 1.54) is 12.4 Å². The van der Waals surface area contributed by atoms with Crippen LogP contribution in [0.2, 0.25) is 0 Å². The predicted molar refractivity (Wildman–Crippen MR) is 72.9 cm³/mol. The monoisotopic (exact) mass is 284 g/mol. The van der Waals surface area contributed by atoms with Crippen LogP contribution in [0.3, 0.4) is 0 Å². The van der Waals surface area contributed by atoms with Crippen molar-refractivity contribution in [2.24, 2.45) is 0 Å². The molecule has 7 heteroatoms. The van der Waals surface area contributed by atoms with Gasteiger partial charge >= 0.3 is 0 Å². The first kappa shape index (κ1) is 14.2. The minimum Gasteiger partial charge on any atom is -0.368 e. The number of hydrogen-bond acceptors (Lipinski definition) is 5. The Bertz CT molecular complexity index is 515. The van der Waals surface area contributed by atoms with Crippen molar-refractivity contribution in [2.45, 2.75) is 50.0 Å². The molecule has 0 bridgehead atoms. The number of nitrogens with zero attached hydrogens (tertiary/aromatic N) is 3. The molecule has 0 radical (unpaired) electrons. The molecule has 2 N–H and O–H groups in total. The van der Waals surface area contributed by atoms with E-state index in [0.717, 1.165) is 32.1 Å². The number of rotatable bonds is 3. The first-order chi connectivity index (χ1) is 9.05. The average Bonchev–Trinajstić information content (AvgIpc) is 2.64. The molecule has 1 unspecified atom stereocenters. The minimum atomic E-state index is -3.51. The molecule has 1 atom stereocenters. The molecule has 0 amide bonds. The highest BCUT2D eigenvalue weighted by atomic mass is 32.2. The van der Waals surface area contributed by atoms with E-state index in [2.05, 4.69) is 9.97 Å². The fourth-order valence-corrected chi connectivity index (χ4v) is 4.13. The number of sulfonamides is 1. The standard InChI is InChI=1S/C12H20N4O2S/c1-2-10-6-4-3-5-7-16(10)19(17,18)11-8-14-12(13)15-9-11/h8-10H,2-7H2,1H3,(H2,13,14,15). The van der Waals surface area contributed by atoms with Crippen molar-refractivity contribution in [1.82, 2.24) is 14.3 Å². The summed E-state index contributed by atoms with van der Waals surface area (Å²) >= 11 is 0. The van der Waals surface area contributed by atoms with Crippen LogP contribution >= 0.6 is 0 Å². The van der Waals surface area contributed by atoms with E-state index in [-0.39, 0.29) is 16.9 Å². The molecular weight excluding hydrogens is 264 g/mol. The molecule has 2 heterocycles. The average molecular weight is 284 g/mol. The van der Waals surface area contributed by atoms with Gasteiger partial charge in [-0.25, -0.2) is 18.4 Å². The fourth-order valence-electron chi connectivity index (χ4n) is 2.47. The summed E-state index contributed by atoms with van der Waals surface area (Å²) in [7, 11) is -3.51. The van der Waals surface area contributed by atoms with Gasteiger partial charge in [-0.15, -0.1) is 0 Å². The summed E-state index contributed by atoms with van der Waals surface area (Å²) in [5.74, 6) is 0.0851. The van der Waals surface area contributed by atoms with E-state index in [1.807, 2.05) is 6.92 Å². The van der Waals surface area contributed by atoms with Crippen LogP contribution in [0, 0.1) is 0 Å². The Morgan fingerprint density at radius 3 is 2.63 bits per heavy atom. The van der Waals surface area contributed by atoms with Crippen molar-refractivity contribution in [1.29, 1.82) is 0 Å².